The van der Waals surface area contributed by atoms with E-state index in [9.17, 15) is 9.59 Å². The summed E-state index contributed by atoms with van der Waals surface area (Å²) in [5, 5.41) is 4.30. The van der Waals surface area contributed by atoms with Gasteiger partial charge in [0, 0.05) is 21.9 Å². The maximum Gasteiger partial charge on any atom is 0.259 e. The Balaban J connectivity index is 1.90. The van der Waals surface area contributed by atoms with Crippen molar-refractivity contribution in [2.75, 3.05) is 6.54 Å². The molecule has 6 rings (SSSR count). The van der Waals surface area contributed by atoms with E-state index in [1.165, 1.54) is 5.56 Å². The first-order valence-electron chi connectivity index (χ1n) is 10.1. The number of hydrogen-bond donors (Lipinski definition) is 1. The van der Waals surface area contributed by atoms with Gasteiger partial charge in [0.2, 0.25) is 6.54 Å². The standard InChI is InChI=1S/C25H17N3O2/c1-26-12-13-28-18-9-5-4-8-16(18)20-22-21(24(29)27-25(22)30)17-11-10-14-6-2-3-7-15(14)19(17)23(20)28/h2-9H,10-13H2,(H,27,29,30). The smallest absolute Gasteiger partial charge is 0.259 e. The molecule has 0 spiro atoms. The molecular weight excluding hydrogens is 374 g/mol. The van der Waals surface area contributed by atoms with Crippen LogP contribution in [0.2, 0.25) is 0 Å². The number of nitrogens with zero attached hydrogens (tertiary/aromatic N) is 2. The number of aryl methyl sites for hydroxylation is 1. The topological polar surface area (TPSA) is 55.5 Å². The van der Waals surface area contributed by atoms with Crippen LogP contribution in [0.5, 0.6) is 0 Å². The number of carbonyl (C=O) groups is 2. The van der Waals surface area contributed by atoms with Crippen LogP contribution in [0.4, 0.5) is 0 Å². The zero-order valence-electron chi connectivity index (χ0n) is 16.2. The number of amides is 2. The number of benzene rings is 3. The molecular formula is C25H17N3O2. The third kappa shape index (κ3) is 2.05. The molecule has 4 aromatic rings. The number of para-hydroxylation sites is 1. The van der Waals surface area contributed by atoms with Crippen LogP contribution in [-0.4, -0.2) is 22.9 Å². The number of nitrogens with one attached hydrogen (secondary N) is 1. The largest absolute Gasteiger partial charge is 0.332 e. The minimum absolute atomic E-state index is 0.300. The molecule has 144 valence electrons. The minimum Gasteiger partial charge on any atom is -0.332 e. The molecule has 0 fully saturated rings. The molecule has 2 aliphatic rings. The van der Waals surface area contributed by atoms with Gasteiger partial charge in [-0.2, -0.15) is 0 Å². The number of carbonyl (C=O) groups excluding carboxylic acids is 2. The Morgan fingerprint density at radius 1 is 0.933 bits per heavy atom. The van der Waals surface area contributed by atoms with Crippen molar-refractivity contribution in [2.45, 2.75) is 19.4 Å². The van der Waals surface area contributed by atoms with Gasteiger partial charge in [-0.25, -0.2) is 6.57 Å². The summed E-state index contributed by atoms with van der Waals surface area (Å²) in [6.07, 6.45) is 1.56. The number of imide groups is 1. The lowest BCUT2D eigenvalue weighted by Gasteiger charge is -2.24. The van der Waals surface area contributed by atoms with E-state index in [2.05, 4.69) is 26.9 Å². The van der Waals surface area contributed by atoms with Gasteiger partial charge in [0.15, 0.2) is 0 Å². The lowest BCUT2D eigenvalue weighted by Crippen LogP contribution is -2.20. The first kappa shape index (κ1) is 17.0. The van der Waals surface area contributed by atoms with Crippen molar-refractivity contribution in [2.24, 2.45) is 0 Å². The molecule has 0 radical (unpaired) electrons. The van der Waals surface area contributed by atoms with Crippen LogP contribution in [0.25, 0.3) is 37.8 Å². The van der Waals surface area contributed by atoms with E-state index in [-0.39, 0.29) is 11.8 Å². The molecule has 30 heavy (non-hydrogen) atoms. The summed E-state index contributed by atoms with van der Waals surface area (Å²) in [5.41, 5.74) is 7.33. The Labute approximate surface area is 172 Å². The van der Waals surface area contributed by atoms with Crippen LogP contribution in [0.15, 0.2) is 48.5 Å². The first-order valence-corrected chi connectivity index (χ1v) is 10.1. The number of aromatic nitrogens is 1. The Morgan fingerprint density at radius 3 is 2.57 bits per heavy atom. The minimum atomic E-state index is -0.324. The van der Waals surface area contributed by atoms with Gasteiger partial charge >= 0.3 is 0 Å². The third-order valence-corrected chi connectivity index (χ3v) is 6.36. The second-order valence-electron chi connectivity index (χ2n) is 7.82. The first-order chi connectivity index (χ1) is 14.7. The van der Waals surface area contributed by atoms with Gasteiger partial charge in [-0.3, -0.25) is 14.9 Å². The van der Waals surface area contributed by atoms with Gasteiger partial charge in [-0.15, -0.1) is 0 Å². The number of fused-ring (bicyclic) bond motifs is 10. The highest BCUT2D eigenvalue weighted by atomic mass is 16.2. The summed E-state index contributed by atoms with van der Waals surface area (Å²) in [7, 11) is 0. The number of rotatable bonds is 2. The van der Waals surface area contributed by atoms with E-state index >= 15 is 0 Å². The van der Waals surface area contributed by atoms with Crippen LogP contribution < -0.4 is 5.32 Å². The molecule has 0 saturated heterocycles. The van der Waals surface area contributed by atoms with Crippen LogP contribution in [0.3, 0.4) is 0 Å². The highest BCUT2D eigenvalue weighted by Gasteiger charge is 2.37. The highest BCUT2D eigenvalue weighted by molar-refractivity contribution is 6.33. The Bertz CT molecular complexity index is 1470. The van der Waals surface area contributed by atoms with Gasteiger partial charge in [0.1, 0.15) is 0 Å². The van der Waals surface area contributed by atoms with Gasteiger partial charge in [0.25, 0.3) is 11.8 Å². The zero-order valence-corrected chi connectivity index (χ0v) is 16.2. The van der Waals surface area contributed by atoms with E-state index in [0.717, 1.165) is 51.3 Å². The van der Waals surface area contributed by atoms with Crippen LogP contribution in [0.1, 0.15) is 31.8 Å². The van der Waals surface area contributed by atoms with Crippen LogP contribution >= 0.6 is 0 Å². The molecule has 5 nitrogen and oxygen atoms in total. The van der Waals surface area contributed by atoms with E-state index in [4.69, 9.17) is 6.57 Å². The SMILES string of the molecule is [C-]#[N+]CCn1c2ccccc2c2c3c(c4c(c21)-c1ccccc1CC4)C(=O)NC3=O. The summed E-state index contributed by atoms with van der Waals surface area (Å²) < 4.78 is 2.17. The predicted molar refractivity (Wildman–Crippen MR) is 116 cm³/mol. The maximum atomic E-state index is 12.9. The summed E-state index contributed by atoms with van der Waals surface area (Å²) in [6, 6.07) is 16.3. The third-order valence-electron chi connectivity index (χ3n) is 6.36. The molecule has 1 aliphatic carbocycles. The fourth-order valence-electron chi connectivity index (χ4n) is 5.23. The average molecular weight is 391 g/mol. The van der Waals surface area contributed by atoms with Crippen molar-refractivity contribution in [1.29, 1.82) is 0 Å². The fourth-order valence-corrected chi connectivity index (χ4v) is 5.23. The molecule has 0 bridgehead atoms. The Hall–Kier alpha value is -3.91. The van der Waals surface area contributed by atoms with Crippen molar-refractivity contribution >= 4 is 33.6 Å². The van der Waals surface area contributed by atoms with E-state index in [1.54, 1.807) is 0 Å². The molecule has 5 heteroatoms. The molecule has 0 unspecified atom stereocenters. The normalized spacial score (nSPS) is 14.4. The van der Waals surface area contributed by atoms with Gasteiger partial charge in [-0.1, -0.05) is 42.5 Å². The Morgan fingerprint density at radius 2 is 1.70 bits per heavy atom. The monoisotopic (exact) mass is 391 g/mol. The van der Waals surface area contributed by atoms with Crippen molar-refractivity contribution in [3.05, 3.63) is 82.2 Å². The average Bonchev–Trinajstić information content (AvgIpc) is 3.25. The Kier molecular flexibility index (Phi) is 3.42. The fraction of sp³-hybridized carbons (Fsp3) is 0.160. The molecule has 2 heterocycles. The second-order valence-corrected chi connectivity index (χ2v) is 7.82. The van der Waals surface area contributed by atoms with Crippen molar-refractivity contribution < 1.29 is 9.59 Å². The lowest BCUT2D eigenvalue weighted by molar-refractivity contribution is 0.0880. The van der Waals surface area contributed by atoms with Crippen molar-refractivity contribution in [3.63, 3.8) is 0 Å². The molecule has 1 aromatic heterocycles. The van der Waals surface area contributed by atoms with Crippen LogP contribution in [0, 0.1) is 6.57 Å². The van der Waals surface area contributed by atoms with Crippen molar-refractivity contribution in [1.82, 2.24) is 9.88 Å². The molecule has 1 aliphatic heterocycles. The molecule has 0 atom stereocenters. The van der Waals surface area contributed by atoms with Crippen LogP contribution in [-0.2, 0) is 19.4 Å². The van der Waals surface area contributed by atoms with Crippen molar-refractivity contribution in [3.8, 4) is 11.1 Å². The molecule has 2 amide bonds. The molecule has 0 saturated carbocycles. The van der Waals surface area contributed by atoms with Gasteiger partial charge in [-0.05, 0) is 35.6 Å². The maximum absolute atomic E-state index is 12.9. The second kappa shape index (κ2) is 6.04. The summed E-state index contributed by atoms with van der Waals surface area (Å²) in [4.78, 5) is 29.3. The van der Waals surface area contributed by atoms with E-state index < -0.39 is 0 Å². The number of hydrogen-bond acceptors (Lipinski definition) is 2. The summed E-state index contributed by atoms with van der Waals surface area (Å²) in [5.74, 6) is -0.625. The summed E-state index contributed by atoms with van der Waals surface area (Å²) >= 11 is 0. The van der Waals surface area contributed by atoms with Gasteiger partial charge in [0.05, 0.1) is 23.2 Å². The van der Waals surface area contributed by atoms with E-state index in [1.807, 2.05) is 36.4 Å². The van der Waals surface area contributed by atoms with E-state index in [0.29, 0.717) is 24.2 Å². The molecule has 3 aromatic carbocycles. The predicted octanol–water partition coefficient (Wildman–Crippen LogP) is 4.36. The zero-order chi connectivity index (χ0) is 20.4. The summed E-state index contributed by atoms with van der Waals surface area (Å²) in [6.45, 7) is 8.20. The van der Waals surface area contributed by atoms with Gasteiger partial charge < -0.3 is 9.41 Å². The molecule has 1 N–H and O–H groups in total. The highest BCUT2D eigenvalue weighted by Crippen LogP contribution is 2.47. The quantitative estimate of drug-likeness (QED) is 0.408. The lowest BCUT2D eigenvalue weighted by atomic mass is 9.80.